The molecule has 1 aromatic heterocycles. The number of aryl methyl sites for hydroxylation is 2. The van der Waals surface area contributed by atoms with Gasteiger partial charge in [-0.3, -0.25) is 4.79 Å². The van der Waals surface area contributed by atoms with E-state index >= 15 is 0 Å². The largest absolute Gasteiger partial charge is 0.308 e. The van der Waals surface area contributed by atoms with Crippen LogP contribution >= 0.6 is 22.9 Å². The zero-order chi connectivity index (χ0) is 18.7. The highest BCUT2D eigenvalue weighted by atomic mass is 35.5. The molecule has 0 bridgehead atoms. The van der Waals surface area contributed by atoms with Crippen LogP contribution in [0.3, 0.4) is 0 Å². The Morgan fingerprint density at radius 1 is 1.19 bits per heavy atom. The highest BCUT2D eigenvalue weighted by molar-refractivity contribution is 7.13. The fraction of sp³-hybridized carbons (Fsp3) is 0.238. The Bertz CT molecular complexity index is 919. The molecule has 0 saturated carbocycles. The van der Waals surface area contributed by atoms with Gasteiger partial charge in [-0.15, -0.1) is 22.9 Å². The van der Waals surface area contributed by atoms with Crippen LogP contribution in [0.5, 0.6) is 0 Å². The number of hydrogen-bond acceptors (Lipinski definition) is 3. The summed E-state index contributed by atoms with van der Waals surface area (Å²) in [6, 6.07) is 15.9. The zero-order valence-corrected chi connectivity index (χ0v) is 16.6. The van der Waals surface area contributed by atoms with Crippen LogP contribution in [0, 0.1) is 6.92 Å². The van der Waals surface area contributed by atoms with Gasteiger partial charge < -0.3 is 5.32 Å². The molecule has 1 N–H and O–H groups in total. The topological polar surface area (TPSA) is 42.0 Å². The summed E-state index contributed by atoms with van der Waals surface area (Å²) in [7, 11) is 0. The number of thiazole rings is 1. The molecule has 134 valence electrons. The minimum atomic E-state index is -1.16. The second kappa shape index (κ2) is 7.60. The molecule has 0 fully saturated rings. The van der Waals surface area contributed by atoms with E-state index in [-0.39, 0.29) is 5.91 Å². The molecule has 2 aromatic carbocycles. The second-order valence-corrected chi connectivity index (χ2v) is 7.94. The highest BCUT2D eigenvalue weighted by Crippen LogP contribution is 2.36. The van der Waals surface area contributed by atoms with Crippen LogP contribution in [-0.2, 0) is 16.1 Å². The lowest BCUT2D eigenvalue weighted by atomic mass is 9.89. The van der Waals surface area contributed by atoms with Gasteiger partial charge in [0, 0.05) is 10.9 Å². The lowest BCUT2D eigenvalue weighted by Crippen LogP contribution is -2.34. The molecule has 26 heavy (non-hydrogen) atoms. The van der Waals surface area contributed by atoms with Gasteiger partial charge in [0.25, 0.3) is 5.91 Å². The fourth-order valence-corrected chi connectivity index (χ4v) is 4.16. The Balaban J connectivity index is 1.85. The number of amides is 1. The quantitative estimate of drug-likeness (QED) is 0.567. The van der Waals surface area contributed by atoms with E-state index in [2.05, 4.69) is 17.2 Å². The van der Waals surface area contributed by atoms with Crippen molar-refractivity contribution < 1.29 is 4.79 Å². The molecule has 1 heterocycles. The molecule has 0 spiro atoms. The van der Waals surface area contributed by atoms with E-state index in [0.717, 1.165) is 33.7 Å². The molecule has 3 nitrogen and oxygen atoms in total. The Morgan fingerprint density at radius 3 is 2.62 bits per heavy atom. The molecule has 1 atom stereocenters. The molecule has 0 saturated heterocycles. The number of rotatable bonds is 5. The lowest BCUT2D eigenvalue weighted by molar-refractivity contribution is -0.118. The molecule has 0 aliphatic rings. The van der Waals surface area contributed by atoms with E-state index in [4.69, 9.17) is 11.6 Å². The minimum absolute atomic E-state index is 0.270. The highest BCUT2D eigenvalue weighted by Gasteiger charge is 2.36. The fourth-order valence-electron chi connectivity index (χ4n) is 3.09. The number of anilines is 1. The summed E-state index contributed by atoms with van der Waals surface area (Å²) in [6.45, 7) is 5.80. The van der Waals surface area contributed by atoms with Crippen molar-refractivity contribution in [2.75, 3.05) is 5.32 Å². The molecule has 0 radical (unpaired) electrons. The third-order valence-corrected chi connectivity index (χ3v) is 5.65. The first-order chi connectivity index (χ1) is 12.4. The molecule has 3 aromatic rings. The first kappa shape index (κ1) is 18.6. The Labute approximate surface area is 163 Å². The predicted octanol–water partition coefficient (Wildman–Crippen LogP) is 5.77. The Kier molecular flexibility index (Phi) is 5.44. The lowest BCUT2D eigenvalue weighted by Gasteiger charge is -2.25. The number of halogens is 1. The van der Waals surface area contributed by atoms with E-state index < -0.39 is 4.87 Å². The maximum absolute atomic E-state index is 12.9. The normalized spacial score (nSPS) is 13.2. The van der Waals surface area contributed by atoms with Gasteiger partial charge in [0.2, 0.25) is 0 Å². The van der Waals surface area contributed by atoms with E-state index in [1.807, 2.05) is 60.8 Å². The molecule has 0 aliphatic carbocycles. The average Bonchev–Trinajstić information content (AvgIpc) is 3.10. The van der Waals surface area contributed by atoms with Crippen molar-refractivity contribution in [1.82, 2.24) is 4.98 Å². The summed E-state index contributed by atoms with van der Waals surface area (Å²) in [5.74, 6) is 0.255. The van der Waals surface area contributed by atoms with Crippen LogP contribution < -0.4 is 5.32 Å². The van der Waals surface area contributed by atoms with E-state index in [1.54, 1.807) is 6.92 Å². The van der Waals surface area contributed by atoms with Gasteiger partial charge in [0.05, 0.1) is 0 Å². The van der Waals surface area contributed by atoms with Crippen LogP contribution in [0.15, 0.2) is 53.9 Å². The average molecular weight is 385 g/mol. The van der Waals surface area contributed by atoms with E-state index in [0.29, 0.717) is 5.82 Å². The number of carbonyl (C=O) groups excluding carboxylic acids is 1. The van der Waals surface area contributed by atoms with Crippen molar-refractivity contribution in [2.45, 2.75) is 32.1 Å². The van der Waals surface area contributed by atoms with Crippen molar-refractivity contribution in [2.24, 2.45) is 0 Å². The van der Waals surface area contributed by atoms with Gasteiger partial charge >= 0.3 is 0 Å². The maximum atomic E-state index is 12.9. The maximum Gasteiger partial charge on any atom is 0.251 e. The molecular weight excluding hydrogens is 364 g/mol. The summed E-state index contributed by atoms with van der Waals surface area (Å²) < 4.78 is 0. The number of nitrogens with zero attached hydrogens (tertiary/aromatic N) is 1. The predicted molar refractivity (Wildman–Crippen MR) is 110 cm³/mol. The van der Waals surface area contributed by atoms with Gasteiger partial charge in [0.1, 0.15) is 15.7 Å². The molecule has 1 unspecified atom stereocenters. The van der Waals surface area contributed by atoms with Gasteiger partial charge in [-0.25, -0.2) is 4.98 Å². The summed E-state index contributed by atoms with van der Waals surface area (Å²) in [4.78, 5) is 16.3. The van der Waals surface area contributed by atoms with Crippen molar-refractivity contribution in [3.05, 3.63) is 70.6 Å². The number of hydrogen-bond donors (Lipinski definition) is 1. The van der Waals surface area contributed by atoms with Gasteiger partial charge in [-0.2, -0.15) is 0 Å². The number of nitrogens with one attached hydrogen (secondary N) is 1. The summed E-state index contributed by atoms with van der Waals surface area (Å²) in [5.41, 5.74) is 4.00. The molecule has 1 amide bonds. The van der Waals surface area contributed by atoms with Crippen LogP contribution in [0.25, 0.3) is 10.6 Å². The SMILES string of the molecule is CCc1cccc(C)c1C(C)(Cl)C(=O)Nc1csc(-c2ccccc2)n1. The standard InChI is InChI=1S/C21H21ClN2OS/c1-4-15-12-8-9-14(2)18(15)21(3,22)20(25)24-17-13-26-19(23-17)16-10-6-5-7-11-16/h5-13H,4H2,1-3H3,(H,24,25). The number of carbonyl (C=O) groups is 1. The zero-order valence-electron chi connectivity index (χ0n) is 15.0. The van der Waals surface area contributed by atoms with Crippen LogP contribution in [0.2, 0.25) is 0 Å². The van der Waals surface area contributed by atoms with Crippen molar-refractivity contribution in [3.63, 3.8) is 0 Å². The van der Waals surface area contributed by atoms with Crippen molar-refractivity contribution in [3.8, 4) is 10.6 Å². The van der Waals surface area contributed by atoms with Gasteiger partial charge in [0.15, 0.2) is 0 Å². The van der Waals surface area contributed by atoms with Crippen molar-refractivity contribution in [1.29, 1.82) is 0 Å². The molecular formula is C21H21ClN2OS. The minimum Gasteiger partial charge on any atom is -0.308 e. The van der Waals surface area contributed by atoms with Gasteiger partial charge in [-0.05, 0) is 37.0 Å². The number of benzene rings is 2. The Morgan fingerprint density at radius 2 is 1.92 bits per heavy atom. The van der Waals surface area contributed by atoms with Crippen molar-refractivity contribution >= 4 is 34.7 Å². The molecule has 5 heteroatoms. The monoisotopic (exact) mass is 384 g/mol. The summed E-state index contributed by atoms with van der Waals surface area (Å²) >= 11 is 8.23. The number of alkyl halides is 1. The first-order valence-corrected chi connectivity index (χ1v) is 9.79. The van der Waals surface area contributed by atoms with Crippen LogP contribution in [0.1, 0.15) is 30.5 Å². The smallest absolute Gasteiger partial charge is 0.251 e. The van der Waals surface area contributed by atoms with Crippen LogP contribution in [-0.4, -0.2) is 10.9 Å². The van der Waals surface area contributed by atoms with Gasteiger partial charge in [-0.1, -0.05) is 55.5 Å². The second-order valence-electron chi connectivity index (χ2n) is 6.32. The van der Waals surface area contributed by atoms with E-state index in [1.165, 1.54) is 11.3 Å². The van der Waals surface area contributed by atoms with Crippen LogP contribution in [0.4, 0.5) is 5.82 Å². The number of aromatic nitrogens is 1. The first-order valence-electron chi connectivity index (χ1n) is 8.53. The van der Waals surface area contributed by atoms with E-state index in [9.17, 15) is 4.79 Å². The summed E-state index contributed by atoms with van der Waals surface area (Å²) in [6.07, 6.45) is 0.821. The third kappa shape index (κ3) is 3.67. The third-order valence-electron chi connectivity index (χ3n) is 4.40. The molecule has 3 rings (SSSR count). The molecule has 0 aliphatic heterocycles. The Hall–Kier alpha value is -2.17. The summed E-state index contributed by atoms with van der Waals surface area (Å²) in [5, 5.41) is 5.58.